The first-order valence-electron chi connectivity index (χ1n) is 9.22. The van der Waals surface area contributed by atoms with Gasteiger partial charge < -0.3 is 16.2 Å². The SMILES string of the molecule is Cc1cc(Nc2nccc3nc(-c4c(Cl)cc(C#N)cc4Cl)sc23)nc(N)n1.O=C(O)C(F)(F)F. The van der Waals surface area contributed by atoms with Gasteiger partial charge in [0, 0.05) is 23.5 Å². The highest BCUT2D eigenvalue weighted by atomic mass is 35.5. The Hall–Kier alpha value is -3.73. The average Bonchev–Trinajstić information content (AvgIpc) is 3.17. The Morgan fingerprint density at radius 1 is 1.20 bits per heavy atom. The number of hydrogen-bond donors (Lipinski definition) is 3. The summed E-state index contributed by atoms with van der Waals surface area (Å²) in [5, 5.41) is 20.7. The van der Waals surface area contributed by atoms with Crippen molar-refractivity contribution in [2.45, 2.75) is 13.1 Å². The highest BCUT2D eigenvalue weighted by molar-refractivity contribution is 7.22. The largest absolute Gasteiger partial charge is 0.490 e. The van der Waals surface area contributed by atoms with E-state index in [-0.39, 0.29) is 5.95 Å². The van der Waals surface area contributed by atoms with E-state index in [9.17, 15) is 13.2 Å². The molecule has 0 saturated heterocycles. The van der Waals surface area contributed by atoms with Gasteiger partial charge in [-0.2, -0.15) is 23.4 Å². The van der Waals surface area contributed by atoms with E-state index >= 15 is 0 Å². The molecule has 0 fully saturated rings. The summed E-state index contributed by atoms with van der Waals surface area (Å²) >= 11 is 14.1. The molecule has 1 aromatic carbocycles. The third-order valence-corrected chi connectivity index (χ3v) is 5.74. The number of thiazole rings is 1. The van der Waals surface area contributed by atoms with Gasteiger partial charge in [-0.05, 0) is 25.1 Å². The zero-order chi connectivity index (χ0) is 25.9. The number of fused-ring (bicyclic) bond motifs is 1. The van der Waals surface area contributed by atoms with Crippen molar-refractivity contribution in [3.8, 4) is 16.6 Å². The number of hydrogen-bond acceptors (Lipinski definition) is 9. The van der Waals surface area contributed by atoms with Gasteiger partial charge in [0.2, 0.25) is 5.95 Å². The third kappa shape index (κ3) is 6.24. The van der Waals surface area contributed by atoms with Gasteiger partial charge in [-0.1, -0.05) is 23.2 Å². The van der Waals surface area contributed by atoms with Crippen molar-refractivity contribution in [3.05, 3.63) is 51.8 Å². The summed E-state index contributed by atoms with van der Waals surface area (Å²) in [5.74, 6) is -1.46. The van der Waals surface area contributed by atoms with Gasteiger partial charge in [0.25, 0.3) is 0 Å². The summed E-state index contributed by atoms with van der Waals surface area (Å²) < 4.78 is 32.5. The van der Waals surface area contributed by atoms with Crippen molar-refractivity contribution in [1.82, 2.24) is 19.9 Å². The Labute approximate surface area is 209 Å². The zero-order valence-corrected chi connectivity index (χ0v) is 19.7. The van der Waals surface area contributed by atoms with Crippen LogP contribution in [0.1, 0.15) is 11.3 Å². The highest BCUT2D eigenvalue weighted by Gasteiger charge is 2.38. The maximum atomic E-state index is 10.6. The standard InChI is InChI=1S/C18H11Cl2N7S.C2HF3O2/c1-8-4-13(27-18(22)24-8)26-16-15-12(2-3-23-16)25-17(28-15)14-10(19)5-9(7-21)6-11(14)20;3-2(4,5)1(6)7/h2-6H,1H3,(H3,22,23,24,26,27);(H,6,7). The molecule has 35 heavy (non-hydrogen) atoms. The van der Waals surface area contributed by atoms with Crippen molar-refractivity contribution in [1.29, 1.82) is 5.26 Å². The number of rotatable bonds is 3. The van der Waals surface area contributed by atoms with Crippen molar-refractivity contribution in [2.75, 3.05) is 11.1 Å². The topological polar surface area (TPSA) is 151 Å². The van der Waals surface area contributed by atoms with Crippen molar-refractivity contribution < 1.29 is 23.1 Å². The van der Waals surface area contributed by atoms with Gasteiger partial charge in [-0.15, -0.1) is 11.3 Å². The number of nitrogen functional groups attached to an aromatic ring is 1. The van der Waals surface area contributed by atoms with E-state index in [2.05, 4.69) is 25.3 Å². The average molecular weight is 542 g/mol. The lowest BCUT2D eigenvalue weighted by molar-refractivity contribution is -0.192. The maximum absolute atomic E-state index is 10.6. The van der Waals surface area contributed by atoms with Gasteiger partial charge in [0.15, 0.2) is 5.82 Å². The van der Waals surface area contributed by atoms with Crippen molar-refractivity contribution in [2.24, 2.45) is 0 Å². The van der Waals surface area contributed by atoms with Crippen LogP contribution >= 0.6 is 34.5 Å². The van der Waals surface area contributed by atoms with Crippen LogP contribution in [-0.2, 0) is 4.79 Å². The number of anilines is 3. The summed E-state index contributed by atoms with van der Waals surface area (Å²) in [5.41, 5.74) is 8.16. The van der Waals surface area contributed by atoms with Crippen LogP contribution < -0.4 is 11.1 Å². The summed E-state index contributed by atoms with van der Waals surface area (Å²) in [6, 6.07) is 8.74. The molecule has 3 aromatic heterocycles. The van der Waals surface area contributed by atoms with Gasteiger partial charge in [0.1, 0.15) is 10.8 Å². The first-order chi connectivity index (χ1) is 16.4. The first kappa shape index (κ1) is 25.9. The van der Waals surface area contributed by atoms with E-state index in [4.69, 9.17) is 44.1 Å². The van der Waals surface area contributed by atoms with E-state index in [0.717, 1.165) is 15.9 Å². The molecule has 0 saturated carbocycles. The number of nitrogens with zero attached hydrogens (tertiary/aromatic N) is 5. The van der Waals surface area contributed by atoms with Crippen LogP contribution in [0.5, 0.6) is 0 Å². The number of aromatic nitrogens is 4. The number of carboxylic acid groups (broad SMARTS) is 1. The number of nitrogens with one attached hydrogen (secondary N) is 1. The molecule has 3 heterocycles. The first-order valence-corrected chi connectivity index (χ1v) is 10.8. The second-order valence-electron chi connectivity index (χ2n) is 6.63. The van der Waals surface area contributed by atoms with E-state index in [1.165, 1.54) is 11.3 Å². The van der Waals surface area contributed by atoms with Gasteiger partial charge >= 0.3 is 12.1 Å². The fourth-order valence-electron chi connectivity index (χ4n) is 2.67. The minimum Gasteiger partial charge on any atom is -0.475 e. The Morgan fingerprint density at radius 2 is 1.83 bits per heavy atom. The number of nitriles is 1. The van der Waals surface area contributed by atoms with Crippen LogP contribution in [0.15, 0.2) is 30.5 Å². The van der Waals surface area contributed by atoms with Gasteiger partial charge in [-0.3, -0.25) is 0 Å². The van der Waals surface area contributed by atoms with Crippen LogP contribution in [0, 0.1) is 18.3 Å². The highest BCUT2D eigenvalue weighted by Crippen LogP contribution is 2.41. The lowest BCUT2D eigenvalue weighted by Crippen LogP contribution is -2.21. The lowest BCUT2D eigenvalue weighted by Gasteiger charge is -2.06. The molecule has 0 aliphatic carbocycles. The van der Waals surface area contributed by atoms with Crippen LogP contribution in [0.3, 0.4) is 0 Å². The predicted octanol–water partition coefficient (Wildman–Crippen LogP) is 5.59. The zero-order valence-electron chi connectivity index (χ0n) is 17.4. The molecule has 0 unspecified atom stereocenters. The van der Waals surface area contributed by atoms with E-state index in [1.807, 2.05) is 13.0 Å². The number of carboxylic acids is 1. The fraction of sp³-hybridized carbons (Fsp3) is 0.100. The minimum atomic E-state index is -5.08. The van der Waals surface area contributed by atoms with Crippen molar-refractivity contribution in [3.63, 3.8) is 0 Å². The molecule has 4 N–H and O–H groups in total. The molecular weight excluding hydrogens is 530 g/mol. The Balaban J connectivity index is 0.000000429. The van der Waals surface area contributed by atoms with Crippen LogP contribution in [0.4, 0.5) is 30.8 Å². The normalized spacial score (nSPS) is 10.9. The summed E-state index contributed by atoms with van der Waals surface area (Å²) in [7, 11) is 0. The molecular formula is C20H12Cl2F3N7O2S. The number of carbonyl (C=O) groups is 1. The summed E-state index contributed by atoms with van der Waals surface area (Å²) in [6.07, 6.45) is -3.44. The fourth-order valence-corrected chi connectivity index (χ4v) is 4.53. The molecule has 4 aromatic rings. The predicted molar refractivity (Wildman–Crippen MR) is 126 cm³/mol. The number of pyridine rings is 1. The van der Waals surface area contributed by atoms with Crippen LogP contribution in [0.25, 0.3) is 20.8 Å². The van der Waals surface area contributed by atoms with Crippen LogP contribution in [0.2, 0.25) is 10.0 Å². The molecule has 180 valence electrons. The number of nitrogens with two attached hydrogens (primary N) is 1. The quantitative estimate of drug-likeness (QED) is 0.301. The molecule has 0 aliphatic rings. The van der Waals surface area contributed by atoms with Gasteiger partial charge in [0.05, 0.1) is 31.9 Å². The van der Waals surface area contributed by atoms with Crippen molar-refractivity contribution >= 4 is 68.3 Å². The number of aliphatic carboxylic acids is 1. The summed E-state index contributed by atoms with van der Waals surface area (Å²) in [6.45, 7) is 1.83. The number of halogens is 5. The lowest BCUT2D eigenvalue weighted by atomic mass is 10.1. The number of alkyl halides is 3. The molecule has 0 spiro atoms. The summed E-state index contributed by atoms with van der Waals surface area (Å²) in [4.78, 5) is 26.1. The van der Waals surface area contributed by atoms with Gasteiger partial charge in [-0.25, -0.2) is 19.7 Å². The van der Waals surface area contributed by atoms with E-state index in [1.54, 1.807) is 30.5 Å². The molecule has 0 amide bonds. The smallest absolute Gasteiger partial charge is 0.475 e. The van der Waals surface area contributed by atoms with Crippen LogP contribution in [-0.4, -0.2) is 37.2 Å². The molecule has 0 atom stereocenters. The molecule has 0 aliphatic heterocycles. The molecule has 4 rings (SSSR count). The Morgan fingerprint density at radius 3 is 2.37 bits per heavy atom. The van der Waals surface area contributed by atoms with E-state index < -0.39 is 12.1 Å². The molecule has 0 radical (unpaired) electrons. The molecule has 15 heteroatoms. The minimum absolute atomic E-state index is 0.177. The number of aryl methyl sites for hydroxylation is 1. The van der Waals surface area contributed by atoms with E-state index in [0.29, 0.717) is 37.8 Å². The molecule has 0 bridgehead atoms. The Kier molecular flexibility index (Phi) is 7.59. The Bertz CT molecular complexity index is 1430. The second-order valence-corrected chi connectivity index (χ2v) is 8.45. The molecule has 9 nitrogen and oxygen atoms in total. The number of benzene rings is 1. The third-order valence-electron chi connectivity index (χ3n) is 4.05. The monoisotopic (exact) mass is 541 g/mol. The second kappa shape index (κ2) is 10.3. The maximum Gasteiger partial charge on any atom is 0.490 e.